The van der Waals surface area contributed by atoms with Crippen LogP contribution >= 0.6 is 24.0 Å². The van der Waals surface area contributed by atoms with Crippen LogP contribution in [0.5, 0.6) is 0 Å². The number of rotatable bonds is 4. The van der Waals surface area contributed by atoms with Gasteiger partial charge in [0.1, 0.15) is 0 Å². The van der Waals surface area contributed by atoms with Gasteiger partial charge in [-0.15, -0.1) is 24.0 Å². The van der Waals surface area contributed by atoms with E-state index in [9.17, 15) is 8.78 Å². The monoisotopic (exact) mass is 492 g/mol. The number of aliphatic imine (C=N–C) groups is 1. The molecule has 2 atom stereocenters. The van der Waals surface area contributed by atoms with E-state index < -0.39 is 11.6 Å². The van der Waals surface area contributed by atoms with Crippen LogP contribution in [0, 0.1) is 23.5 Å². The molecule has 2 unspecified atom stereocenters. The molecule has 2 heterocycles. The Morgan fingerprint density at radius 2 is 2.00 bits per heavy atom. The first-order valence-electron chi connectivity index (χ1n) is 9.80. The van der Waals surface area contributed by atoms with Crippen molar-refractivity contribution in [2.75, 3.05) is 44.2 Å². The van der Waals surface area contributed by atoms with Gasteiger partial charge in [0, 0.05) is 51.0 Å². The first-order chi connectivity index (χ1) is 12.6. The van der Waals surface area contributed by atoms with Gasteiger partial charge in [0.2, 0.25) is 0 Å². The van der Waals surface area contributed by atoms with Crippen LogP contribution in [0.25, 0.3) is 0 Å². The highest BCUT2D eigenvalue weighted by molar-refractivity contribution is 14.0. The summed E-state index contributed by atoms with van der Waals surface area (Å²) in [6.45, 7) is 9.88. The third kappa shape index (κ3) is 5.93. The lowest BCUT2D eigenvalue weighted by Crippen LogP contribution is -2.46. The van der Waals surface area contributed by atoms with Crippen LogP contribution in [0.15, 0.2) is 23.2 Å². The van der Waals surface area contributed by atoms with Crippen molar-refractivity contribution in [1.29, 1.82) is 0 Å². The fourth-order valence-corrected chi connectivity index (χ4v) is 3.92. The average molecular weight is 492 g/mol. The minimum Gasteiger partial charge on any atom is -0.371 e. The van der Waals surface area contributed by atoms with Gasteiger partial charge in [-0.2, -0.15) is 0 Å². The van der Waals surface area contributed by atoms with Crippen molar-refractivity contribution in [1.82, 2.24) is 10.2 Å². The van der Waals surface area contributed by atoms with Crippen LogP contribution in [-0.4, -0.2) is 50.1 Å². The molecule has 152 valence electrons. The highest BCUT2D eigenvalue weighted by Crippen LogP contribution is 2.25. The molecule has 0 spiro atoms. The fourth-order valence-electron chi connectivity index (χ4n) is 3.92. The summed E-state index contributed by atoms with van der Waals surface area (Å²) in [5, 5.41) is 3.42. The summed E-state index contributed by atoms with van der Waals surface area (Å²) in [6, 6.07) is 4.15. The lowest BCUT2D eigenvalue weighted by molar-refractivity contribution is 0.265. The number of benzene rings is 1. The number of anilines is 1. The molecule has 3 rings (SSSR count). The maximum atomic E-state index is 13.5. The summed E-state index contributed by atoms with van der Waals surface area (Å²) in [6.07, 6.45) is 3.54. The number of halogens is 3. The molecule has 0 bridgehead atoms. The molecule has 2 saturated heterocycles. The van der Waals surface area contributed by atoms with Gasteiger partial charge in [0.05, 0.1) is 0 Å². The second-order valence-corrected chi connectivity index (χ2v) is 7.59. The first kappa shape index (κ1) is 22.2. The molecule has 1 aromatic carbocycles. The van der Waals surface area contributed by atoms with Crippen molar-refractivity contribution in [3.05, 3.63) is 29.8 Å². The van der Waals surface area contributed by atoms with Crippen molar-refractivity contribution in [3.63, 3.8) is 0 Å². The van der Waals surface area contributed by atoms with Gasteiger partial charge in [-0.05, 0) is 50.2 Å². The maximum absolute atomic E-state index is 13.5. The van der Waals surface area contributed by atoms with E-state index in [-0.39, 0.29) is 24.0 Å². The summed E-state index contributed by atoms with van der Waals surface area (Å²) >= 11 is 0. The smallest absolute Gasteiger partial charge is 0.193 e. The second-order valence-electron chi connectivity index (χ2n) is 7.59. The minimum absolute atomic E-state index is 0. The van der Waals surface area contributed by atoms with Crippen molar-refractivity contribution in [2.45, 2.75) is 33.1 Å². The highest BCUT2D eigenvalue weighted by atomic mass is 127. The maximum Gasteiger partial charge on any atom is 0.193 e. The van der Waals surface area contributed by atoms with E-state index in [2.05, 4.69) is 29.0 Å². The summed E-state index contributed by atoms with van der Waals surface area (Å²) in [5.41, 5.74) is 0.757. The topological polar surface area (TPSA) is 30.9 Å². The molecule has 1 aromatic rings. The van der Waals surface area contributed by atoms with Gasteiger partial charge in [-0.3, -0.25) is 4.99 Å². The molecule has 0 radical (unpaired) electrons. The molecule has 2 aliphatic rings. The molecule has 0 aromatic heterocycles. The summed E-state index contributed by atoms with van der Waals surface area (Å²) in [7, 11) is 0. The zero-order chi connectivity index (χ0) is 18.5. The molecule has 4 nitrogen and oxygen atoms in total. The Bertz CT molecular complexity index is 640. The van der Waals surface area contributed by atoms with E-state index in [1.165, 1.54) is 25.0 Å². The van der Waals surface area contributed by atoms with Crippen molar-refractivity contribution < 1.29 is 8.78 Å². The first-order valence-corrected chi connectivity index (χ1v) is 9.80. The van der Waals surface area contributed by atoms with E-state index in [0.29, 0.717) is 11.8 Å². The lowest BCUT2D eigenvalue weighted by Gasteiger charge is -2.33. The third-order valence-electron chi connectivity index (χ3n) is 5.34. The number of likely N-dealkylation sites (tertiary alicyclic amines) is 1. The average Bonchev–Trinajstić information content (AvgIpc) is 3.10. The zero-order valence-corrected chi connectivity index (χ0v) is 18.6. The molecule has 0 amide bonds. The van der Waals surface area contributed by atoms with Gasteiger partial charge in [-0.25, -0.2) is 8.78 Å². The van der Waals surface area contributed by atoms with E-state index in [0.717, 1.165) is 57.3 Å². The Morgan fingerprint density at radius 1 is 1.19 bits per heavy atom. The largest absolute Gasteiger partial charge is 0.371 e. The van der Waals surface area contributed by atoms with Crippen LogP contribution in [0.3, 0.4) is 0 Å². The second kappa shape index (κ2) is 10.4. The van der Waals surface area contributed by atoms with E-state index in [1.54, 1.807) is 6.07 Å². The highest BCUT2D eigenvalue weighted by Gasteiger charge is 2.24. The summed E-state index contributed by atoms with van der Waals surface area (Å²) < 4.78 is 26.6. The molecule has 0 saturated carbocycles. The van der Waals surface area contributed by atoms with Crippen LogP contribution in [0.4, 0.5) is 14.5 Å². The van der Waals surface area contributed by atoms with E-state index in [1.807, 2.05) is 0 Å². The third-order valence-corrected chi connectivity index (χ3v) is 5.34. The number of hydrogen-bond donors (Lipinski definition) is 1. The molecule has 2 fully saturated rings. The molecule has 27 heavy (non-hydrogen) atoms. The Labute approximate surface area is 178 Å². The molecule has 0 aliphatic carbocycles. The Balaban J connectivity index is 0.00000261. The van der Waals surface area contributed by atoms with Crippen LogP contribution in [0.1, 0.15) is 33.1 Å². The molecular weight excluding hydrogens is 461 g/mol. The number of nitrogens with zero attached hydrogens (tertiary/aromatic N) is 3. The van der Waals surface area contributed by atoms with Crippen molar-refractivity contribution in [3.8, 4) is 0 Å². The minimum atomic E-state index is -0.792. The van der Waals surface area contributed by atoms with E-state index >= 15 is 0 Å². The quantitative estimate of drug-likeness (QED) is 0.390. The van der Waals surface area contributed by atoms with Gasteiger partial charge in [0.25, 0.3) is 0 Å². The lowest BCUT2D eigenvalue weighted by atomic mass is 10.0. The van der Waals surface area contributed by atoms with E-state index in [4.69, 9.17) is 4.99 Å². The Kier molecular flexibility index (Phi) is 8.57. The van der Waals surface area contributed by atoms with Crippen LogP contribution < -0.4 is 10.2 Å². The van der Waals surface area contributed by atoms with Crippen LogP contribution in [-0.2, 0) is 0 Å². The normalized spacial score (nSPS) is 23.3. The predicted molar refractivity (Wildman–Crippen MR) is 118 cm³/mol. The summed E-state index contributed by atoms with van der Waals surface area (Å²) in [4.78, 5) is 9.38. The van der Waals surface area contributed by atoms with Crippen LogP contribution in [0.2, 0.25) is 0 Å². The molecular formula is C20H31F2IN4. The fraction of sp³-hybridized carbons (Fsp3) is 0.650. The molecule has 7 heteroatoms. The summed E-state index contributed by atoms with van der Waals surface area (Å²) in [5.74, 6) is 0.602. The molecule has 2 aliphatic heterocycles. The van der Waals surface area contributed by atoms with Gasteiger partial charge in [0.15, 0.2) is 17.6 Å². The number of nitrogens with one attached hydrogen (secondary N) is 1. The van der Waals surface area contributed by atoms with Crippen molar-refractivity contribution in [2.24, 2.45) is 16.8 Å². The number of hydrogen-bond acceptors (Lipinski definition) is 2. The Morgan fingerprint density at radius 3 is 2.70 bits per heavy atom. The predicted octanol–water partition coefficient (Wildman–Crippen LogP) is 4.11. The SMILES string of the molecule is CCNC(=NCC1CCN(c2ccc(F)c(F)c2)C1)N1CCCC(C)C1.I. The standard InChI is InChI=1S/C20H30F2N4.HI/c1-3-23-20(26-9-4-5-15(2)13-26)24-12-16-8-10-25(14-16)17-6-7-18(21)19(22)11-17;/h6-7,11,15-16H,3-5,8-10,12-14H2,1-2H3,(H,23,24);1H. The number of piperidine rings is 1. The number of guanidine groups is 1. The van der Waals surface area contributed by atoms with Gasteiger partial charge in [-0.1, -0.05) is 6.92 Å². The van der Waals surface area contributed by atoms with Gasteiger partial charge < -0.3 is 15.1 Å². The molecule has 1 N–H and O–H groups in total. The zero-order valence-electron chi connectivity index (χ0n) is 16.3. The van der Waals surface area contributed by atoms with Gasteiger partial charge >= 0.3 is 0 Å². The van der Waals surface area contributed by atoms with Crippen molar-refractivity contribution >= 4 is 35.6 Å². The Hall–Kier alpha value is -1.12.